The molecular formula is C26H27ClO. The zero-order valence-electron chi connectivity index (χ0n) is 17.0. The maximum atomic E-state index is 10.7. The summed E-state index contributed by atoms with van der Waals surface area (Å²) in [5.41, 5.74) is 9.25. The SMILES string of the molecule is CCC/C(=C(/c1ccc(C)cc1)c1ccc(C)cc1C)c1ccc(Cl)cc1O. The van der Waals surface area contributed by atoms with Crippen LogP contribution in [0.15, 0.2) is 60.7 Å². The highest BCUT2D eigenvalue weighted by molar-refractivity contribution is 6.30. The van der Waals surface area contributed by atoms with Crippen LogP contribution >= 0.6 is 11.6 Å². The molecule has 0 bridgehead atoms. The molecule has 144 valence electrons. The van der Waals surface area contributed by atoms with E-state index in [9.17, 15) is 5.11 Å². The van der Waals surface area contributed by atoms with Crippen LogP contribution in [0.3, 0.4) is 0 Å². The van der Waals surface area contributed by atoms with Gasteiger partial charge < -0.3 is 5.11 Å². The van der Waals surface area contributed by atoms with Crippen LogP contribution in [-0.2, 0) is 0 Å². The zero-order chi connectivity index (χ0) is 20.3. The van der Waals surface area contributed by atoms with Gasteiger partial charge in [-0.25, -0.2) is 0 Å². The summed E-state index contributed by atoms with van der Waals surface area (Å²) in [5.74, 6) is 0.227. The molecule has 0 spiro atoms. The second kappa shape index (κ2) is 8.67. The highest BCUT2D eigenvalue weighted by Gasteiger charge is 2.18. The van der Waals surface area contributed by atoms with Crippen molar-refractivity contribution < 1.29 is 5.11 Å². The Kier molecular flexibility index (Phi) is 6.26. The first-order valence-electron chi connectivity index (χ1n) is 9.77. The average molecular weight is 391 g/mol. The molecule has 2 heteroatoms. The highest BCUT2D eigenvalue weighted by atomic mass is 35.5. The highest BCUT2D eigenvalue weighted by Crippen LogP contribution is 2.40. The monoisotopic (exact) mass is 390 g/mol. The van der Waals surface area contributed by atoms with E-state index in [0.29, 0.717) is 5.02 Å². The van der Waals surface area contributed by atoms with E-state index >= 15 is 0 Å². The summed E-state index contributed by atoms with van der Waals surface area (Å²) in [6, 6.07) is 20.6. The maximum absolute atomic E-state index is 10.7. The Morgan fingerprint density at radius 3 is 2.07 bits per heavy atom. The van der Waals surface area contributed by atoms with Crippen molar-refractivity contribution >= 4 is 22.7 Å². The molecule has 0 saturated heterocycles. The van der Waals surface area contributed by atoms with Crippen molar-refractivity contribution in [3.05, 3.63) is 99.1 Å². The number of aryl methyl sites for hydroxylation is 3. The van der Waals surface area contributed by atoms with Gasteiger partial charge in [-0.3, -0.25) is 0 Å². The lowest BCUT2D eigenvalue weighted by molar-refractivity contribution is 0.473. The van der Waals surface area contributed by atoms with E-state index in [2.05, 4.69) is 70.2 Å². The summed E-state index contributed by atoms with van der Waals surface area (Å²) in [5, 5.41) is 11.2. The summed E-state index contributed by atoms with van der Waals surface area (Å²) < 4.78 is 0. The summed E-state index contributed by atoms with van der Waals surface area (Å²) in [6.45, 7) is 8.54. The Hall–Kier alpha value is -2.51. The molecule has 0 radical (unpaired) electrons. The fourth-order valence-electron chi connectivity index (χ4n) is 3.71. The van der Waals surface area contributed by atoms with Crippen LogP contribution < -0.4 is 0 Å². The van der Waals surface area contributed by atoms with Crippen LogP contribution in [0.5, 0.6) is 5.75 Å². The number of halogens is 1. The standard InChI is InChI=1S/C26H27ClO/c1-5-6-24(23-14-12-21(27)16-25(23)28)26(20-10-7-17(2)8-11-20)22-13-9-18(3)15-19(22)4/h7-16,28H,5-6H2,1-4H3/b26-24+. The minimum absolute atomic E-state index is 0.227. The predicted octanol–water partition coefficient (Wildman–Crippen LogP) is 7.73. The quantitative estimate of drug-likeness (QED) is 0.442. The van der Waals surface area contributed by atoms with Gasteiger partial charge in [0.25, 0.3) is 0 Å². The molecule has 0 fully saturated rings. The van der Waals surface area contributed by atoms with Crippen molar-refractivity contribution in [1.29, 1.82) is 0 Å². The molecule has 3 rings (SSSR count). The van der Waals surface area contributed by atoms with Crippen molar-refractivity contribution in [3.63, 3.8) is 0 Å². The van der Waals surface area contributed by atoms with Crippen LogP contribution in [0.1, 0.15) is 53.1 Å². The van der Waals surface area contributed by atoms with Crippen LogP contribution in [0.2, 0.25) is 5.02 Å². The topological polar surface area (TPSA) is 20.2 Å². The van der Waals surface area contributed by atoms with Crippen LogP contribution in [0.25, 0.3) is 11.1 Å². The van der Waals surface area contributed by atoms with E-state index in [1.54, 1.807) is 6.07 Å². The second-order valence-corrected chi connectivity index (χ2v) is 7.89. The third-order valence-electron chi connectivity index (χ3n) is 5.08. The van der Waals surface area contributed by atoms with Crippen LogP contribution in [0, 0.1) is 20.8 Å². The summed E-state index contributed by atoms with van der Waals surface area (Å²) in [6.07, 6.45) is 1.85. The van der Waals surface area contributed by atoms with Gasteiger partial charge in [-0.15, -0.1) is 0 Å². The molecule has 1 nitrogen and oxygen atoms in total. The van der Waals surface area contributed by atoms with E-state index in [0.717, 1.165) is 29.5 Å². The zero-order valence-corrected chi connectivity index (χ0v) is 17.8. The molecule has 28 heavy (non-hydrogen) atoms. The number of phenols is 1. The molecule has 0 amide bonds. The summed E-state index contributed by atoms with van der Waals surface area (Å²) in [7, 11) is 0. The maximum Gasteiger partial charge on any atom is 0.124 e. The van der Waals surface area contributed by atoms with E-state index in [1.165, 1.54) is 27.8 Å². The molecule has 0 atom stereocenters. The first-order chi connectivity index (χ1) is 13.4. The lowest BCUT2D eigenvalue weighted by Crippen LogP contribution is -1.99. The molecule has 3 aromatic rings. The Bertz CT molecular complexity index is 1010. The number of hydrogen-bond acceptors (Lipinski definition) is 1. The van der Waals surface area contributed by atoms with Crippen molar-refractivity contribution in [2.75, 3.05) is 0 Å². The van der Waals surface area contributed by atoms with Gasteiger partial charge in [0.15, 0.2) is 0 Å². The van der Waals surface area contributed by atoms with Crippen LogP contribution in [0.4, 0.5) is 0 Å². The molecule has 1 N–H and O–H groups in total. The molecule has 0 unspecified atom stereocenters. The Labute approximate surface area is 173 Å². The number of aromatic hydroxyl groups is 1. The molecule has 0 aliphatic rings. The van der Waals surface area contributed by atoms with E-state index < -0.39 is 0 Å². The number of benzene rings is 3. The van der Waals surface area contributed by atoms with Gasteiger partial charge in [-0.2, -0.15) is 0 Å². The van der Waals surface area contributed by atoms with Gasteiger partial charge in [0.1, 0.15) is 5.75 Å². The van der Waals surface area contributed by atoms with Crippen molar-refractivity contribution in [1.82, 2.24) is 0 Å². The first kappa shape index (κ1) is 20.2. The Balaban J connectivity index is 2.37. The normalized spacial score (nSPS) is 12.0. The van der Waals surface area contributed by atoms with Crippen LogP contribution in [-0.4, -0.2) is 5.11 Å². The molecule has 0 saturated carbocycles. The number of phenolic OH excluding ortho intramolecular Hbond substituents is 1. The molecule has 0 heterocycles. The molecule has 0 aliphatic carbocycles. The van der Waals surface area contributed by atoms with Gasteiger partial charge in [0.05, 0.1) is 0 Å². The molecule has 0 aliphatic heterocycles. The fourth-order valence-corrected chi connectivity index (χ4v) is 3.88. The van der Waals surface area contributed by atoms with Gasteiger partial charge >= 0.3 is 0 Å². The largest absolute Gasteiger partial charge is 0.507 e. The molecular weight excluding hydrogens is 364 g/mol. The summed E-state index contributed by atoms with van der Waals surface area (Å²) >= 11 is 6.10. The van der Waals surface area contributed by atoms with Crippen molar-refractivity contribution in [2.45, 2.75) is 40.5 Å². The fraction of sp³-hybridized carbons (Fsp3) is 0.231. The number of rotatable bonds is 5. The Morgan fingerprint density at radius 2 is 1.46 bits per heavy atom. The predicted molar refractivity (Wildman–Crippen MR) is 121 cm³/mol. The summed E-state index contributed by atoms with van der Waals surface area (Å²) in [4.78, 5) is 0. The van der Waals surface area contributed by atoms with E-state index in [1.807, 2.05) is 12.1 Å². The van der Waals surface area contributed by atoms with Gasteiger partial charge in [0, 0.05) is 10.6 Å². The lowest BCUT2D eigenvalue weighted by atomic mass is 9.85. The number of hydrogen-bond donors (Lipinski definition) is 1. The Morgan fingerprint density at radius 1 is 0.821 bits per heavy atom. The molecule has 3 aromatic carbocycles. The van der Waals surface area contributed by atoms with Crippen molar-refractivity contribution in [3.8, 4) is 5.75 Å². The minimum Gasteiger partial charge on any atom is -0.507 e. The average Bonchev–Trinajstić information content (AvgIpc) is 2.64. The third-order valence-corrected chi connectivity index (χ3v) is 5.31. The lowest BCUT2D eigenvalue weighted by Gasteiger charge is -2.20. The smallest absolute Gasteiger partial charge is 0.124 e. The van der Waals surface area contributed by atoms with Crippen molar-refractivity contribution in [2.24, 2.45) is 0 Å². The number of allylic oxidation sites excluding steroid dienone is 1. The first-order valence-corrected chi connectivity index (χ1v) is 10.1. The third kappa shape index (κ3) is 4.31. The molecule has 0 aromatic heterocycles. The van der Waals surface area contributed by atoms with E-state index in [4.69, 9.17) is 11.6 Å². The van der Waals surface area contributed by atoms with Gasteiger partial charge in [0.2, 0.25) is 0 Å². The minimum atomic E-state index is 0.227. The second-order valence-electron chi connectivity index (χ2n) is 7.45. The van der Waals surface area contributed by atoms with Gasteiger partial charge in [-0.05, 0) is 73.2 Å². The van der Waals surface area contributed by atoms with E-state index in [-0.39, 0.29) is 5.75 Å². The van der Waals surface area contributed by atoms with Gasteiger partial charge in [-0.1, -0.05) is 78.5 Å².